The maximum atomic E-state index is 12.6. The van der Waals surface area contributed by atoms with E-state index in [1.807, 2.05) is 24.5 Å². The molecule has 2 atom stereocenters. The number of thiazole rings is 1. The summed E-state index contributed by atoms with van der Waals surface area (Å²) >= 11 is 1.48. The van der Waals surface area contributed by atoms with Crippen LogP contribution in [0.5, 0.6) is 0 Å². The number of carbonyl (C=O) groups excluding carboxylic acids is 1. The lowest BCUT2D eigenvalue weighted by molar-refractivity contribution is -0.121. The van der Waals surface area contributed by atoms with Gasteiger partial charge >= 0.3 is 0 Å². The molecule has 214 valence electrons. The van der Waals surface area contributed by atoms with Crippen LogP contribution in [-0.4, -0.2) is 48.5 Å². The van der Waals surface area contributed by atoms with Crippen molar-refractivity contribution in [3.8, 4) is 11.1 Å². The van der Waals surface area contributed by atoms with Crippen LogP contribution in [0.2, 0.25) is 18.1 Å². The fraction of sp³-hybridized carbons (Fsp3) is 0.533. The van der Waals surface area contributed by atoms with Crippen LogP contribution in [0.15, 0.2) is 42.4 Å². The molecular weight excluding hydrogens is 541 g/mol. The predicted molar refractivity (Wildman–Crippen MR) is 162 cm³/mol. The molecule has 0 saturated heterocycles. The maximum absolute atomic E-state index is 12.6. The van der Waals surface area contributed by atoms with E-state index in [2.05, 4.69) is 60.2 Å². The van der Waals surface area contributed by atoms with Gasteiger partial charge in [0.25, 0.3) is 0 Å². The first-order chi connectivity index (χ1) is 19.0. The zero-order chi connectivity index (χ0) is 28.5. The molecule has 1 aromatic carbocycles. The van der Waals surface area contributed by atoms with Gasteiger partial charge < -0.3 is 19.2 Å². The molecule has 1 unspecified atom stereocenters. The second kappa shape index (κ2) is 11.7. The lowest BCUT2D eigenvalue weighted by Gasteiger charge is -2.39. The van der Waals surface area contributed by atoms with Crippen LogP contribution in [0, 0.1) is 5.92 Å². The molecule has 1 amide bonds. The first-order valence-corrected chi connectivity index (χ1v) is 17.8. The van der Waals surface area contributed by atoms with Gasteiger partial charge in [0.05, 0.1) is 35.8 Å². The molecule has 0 aliphatic heterocycles. The van der Waals surface area contributed by atoms with Crippen molar-refractivity contribution >= 4 is 40.9 Å². The molecule has 0 bridgehead atoms. The highest BCUT2D eigenvalue weighted by atomic mass is 32.1. The van der Waals surface area contributed by atoms with E-state index < -0.39 is 8.32 Å². The summed E-state index contributed by atoms with van der Waals surface area (Å²) in [5.74, 6) is 0.659. The maximum Gasteiger partial charge on any atom is 0.229 e. The van der Waals surface area contributed by atoms with Crippen molar-refractivity contribution in [1.82, 2.24) is 15.0 Å². The second-order valence-electron chi connectivity index (χ2n) is 12.4. The lowest BCUT2D eigenvalue weighted by Crippen LogP contribution is -2.46. The van der Waals surface area contributed by atoms with Gasteiger partial charge in [0.2, 0.25) is 5.91 Å². The number of allylic oxidation sites excluding steroid dienone is 1. The zero-order valence-corrected chi connectivity index (χ0v) is 26.1. The van der Waals surface area contributed by atoms with Gasteiger partial charge in [0, 0.05) is 23.9 Å². The number of nitrogens with zero attached hydrogens (tertiary/aromatic N) is 3. The van der Waals surface area contributed by atoms with Crippen molar-refractivity contribution in [3.63, 3.8) is 0 Å². The van der Waals surface area contributed by atoms with Crippen LogP contribution in [0.25, 0.3) is 21.3 Å². The Bertz CT molecular complexity index is 1370. The number of anilines is 1. The average molecular weight is 581 g/mol. The number of nitrogens with one attached hydrogen (secondary N) is 1. The highest BCUT2D eigenvalue weighted by Crippen LogP contribution is 2.40. The van der Waals surface area contributed by atoms with Crippen LogP contribution in [0.1, 0.15) is 58.7 Å². The highest BCUT2D eigenvalue weighted by molar-refractivity contribution is 7.22. The molecule has 2 fully saturated rings. The van der Waals surface area contributed by atoms with Crippen molar-refractivity contribution in [2.24, 2.45) is 5.92 Å². The lowest BCUT2D eigenvalue weighted by atomic mass is 9.80. The molecule has 2 aliphatic rings. The Morgan fingerprint density at radius 3 is 2.55 bits per heavy atom. The smallest absolute Gasteiger partial charge is 0.229 e. The van der Waals surface area contributed by atoms with Crippen LogP contribution >= 0.6 is 11.3 Å². The molecule has 2 heterocycles. The molecule has 40 heavy (non-hydrogen) atoms. The van der Waals surface area contributed by atoms with Crippen molar-refractivity contribution in [3.05, 3.63) is 48.3 Å². The quantitative estimate of drug-likeness (QED) is 0.213. The Morgan fingerprint density at radius 1 is 1.12 bits per heavy atom. The molecule has 8 nitrogen and oxygen atoms in total. The Kier molecular flexibility index (Phi) is 8.42. The fourth-order valence-corrected chi connectivity index (χ4v) is 7.21. The minimum Gasteiger partial charge on any atom is -0.504 e. The van der Waals surface area contributed by atoms with Crippen molar-refractivity contribution < 1.29 is 18.7 Å². The molecule has 5 rings (SSSR count). The number of aromatic nitrogens is 3. The summed E-state index contributed by atoms with van der Waals surface area (Å²) in [5.41, 5.74) is 3.95. The van der Waals surface area contributed by atoms with Crippen LogP contribution in [0.4, 0.5) is 5.13 Å². The Labute approximate surface area is 241 Å². The molecule has 3 aromatic rings. The summed E-state index contributed by atoms with van der Waals surface area (Å²) in [6.45, 7) is 11.8. The number of carbonyl (C=O) groups is 1. The summed E-state index contributed by atoms with van der Waals surface area (Å²) in [5, 5.41) is 3.78. The monoisotopic (exact) mass is 580 g/mol. The van der Waals surface area contributed by atoms with Gasteiger partial charge in [-0.05, 0) is 73.5 Å². The standard InChI is InChI=1S/C30H40N4O4SSi/c1-30(2,3)40(5,6)38-25-9-7-8-24(25)37-18-27-31-15-22(16-32-27)20-10-11-23-26(14-20)39-29(33-23)34-28(35)21-12-19(13-21)17-36-4/h10-11,14-17,21,24-25H,7-9,12-13,18H2,1-6H3,(H,33,34,35)/t21?,24-,25?/m0/s1. The number of fused-ring (bicyclic) bond motifs is 1. The largest absolute Gasteiger partial charge is 0.504 e. The van der Waals surface area contributed by atoms with E-state index in [0.717, 1.165) is 59.0 Å². The minimum atomic E-state index is -1.84. The van der Waals surface area contributed by atoms with Crippen LogP contribution in [0.3, 0.4) is 0 Å². The Balaban J connectivity index is 1.17. The molecular formula is C30H40N4O4SSi. The predicted octanol–water partition coefficient (Wildman–Crippen LogP) is 7.09. The van der Waals surface area contributed by atoms with Gasteiger partial charge in [-0.15, -0.1) is 0 Å². The van der Waals surface area contributed by atoms with Gasteiger partial charge in [-0.2, -0.15) is 0 Å². The average Bonchev–Trinajstić information content (AvgIpc) is 3.49. The number of amides is 1. The van der Waals surface area contributed by atoms with E-state index in [1.54, 1.807) is 13.4 Å². The Hall–Kier alpha value is -2.66. The van der Waals surface area contributed by atoms with Crippen molar-refractivity contribution in [2.75, 3.05) is 12.4 Å². The number of ether oxygens (including phenoxy) is 2. The van der Waals surface area contributed by atoms with Gasteiger partial charge in [0.1, 0.15) is 6.61 Å². The fourth-order valence-electron chi connectivity index (χ4n) is 4.92. The normalized spacial score (nSPS) is 21.4. The van der Waals surface area contributed by atoms with E-state index in [9.17, 15) is 4.79 Å². The SMILES string of the molecule is COC=C1CC(C(=O)Nc2nc3ccc(-c4cnc(CO[C@H]5CCCC5O[Si](C)(C)C(C)(C)C)nc4)cc3s2)C1. The second-order valence-corrected chi connectivity index (χ2v) is 18.2. The summed E-state index contributed by atoms with van der Waals surface area (Å²) in [6, 6.07) is 6.05. The number of rotatable bonds is 9. The summed E-state index contributed by atoms with van der Waals surface area (Å²) in [6.07, 6.45) is 10.3. The molecule has 0 spiro atoms. The first-order valence-electron chi connectivity index (χ1n) is 14.1. The van der Waals surface area contributed by atoms with E-state index in [4.69, 9.17) is 13.9 Å². The van der Waals surface area contributed by atoms with Crippen molar-refractivity contribution in [2.45, 2.75) is 89.8 Å². The molecule has 2 aromatic heterocycles. The Morgan fingerprint density at radius 2 is 1.85 bits per heavy atom. The molecule has 1 N–H and O–H groups in total. The third-order valence-corrected chi connectivity index (χ3v) is 13.8. The van der Waals surface area contributed by atoms with Crippen LogP contribution < -0.4 is 5.32 Å². The van der Waals surface area contributed by atoms with Gasteiger partial charge in [0.15, 0.2) is 19.3 Å². The van der Waals surface area contributed by atoms with E-state index in [1.165, 1.54) is 11.3 Å². The van der Waals surface area contributed by atoms with Crippen LogP contribution in [-0.2, 0) is 25.3 Å². The van der Waals surface area contributed by atoms with Gasteiger partial charge in [-0.3, -0.25) is 4.79 Å². The van der Waals surface area contributed by atoms with E-state index in [-0.39, 0.29) is 29.1 Å². The third-order valence-electron chi connectivity index (χ3n) is 8.40. The number of hydrogen-bond donors (Lipinski definition) is 1. The van der Waals surface area contributed by atoms with Crippen molar-refractivity contribution in [1.29, 1.82) is 0 Å². The number of benzene rings is 1. The highest BCUT2D eigenvalue weighted by Gasteiger charge is 2.42. The van der Waals surface area contributed by atoms with E-state index >= 15 is 0 Å². The molecule has 10 heteroatoms. The molecule has 2 aliphatic carbocycles. The van der Waals surface area contributed by atoms with Gasteiger partial charge in [-0.1, -0.05) is 38.2 Å². The molecule has 0 radical (unpaired) electrons. The molecule has 2 saturated carbocycles. The number of hydrogen-bond acceptors (Lipinski definition) is 8. The summed E-state index contributed by atoms with van der Waals surface area (Å²) < 4.78 is 19.0. The minimum absolute atomic E-state index is 0.00854. The van der Waals surface area contributed by atoms with Gasteiger partial charge in [-0.25, -0.2) is 15.0 Å². The summed E-state index contributed by atoms with van der Waals surface area (Å²) in [4.78, 5) is 26.3. The van der Waals surface area contributed by atoms with E-state index in [0.29, 0.717) is 17.6 Å². The first kappa shape index (κ1) is 28.9. The summed E-state index contributed by atoms with van der Waals surface area (Å²) in [7, 11) is -0.215. The third kappa shape index (κ3) is 6.46. The zero-order valence-electron chi connectivity index (χ0n) is 24.3. The topological polar surface area (TPSA) is 95.5 Å². The number of methoxy groups -OCH3 is 1.